The van der Waals surface area contributed by atoms with Gasteiger partial charge in [0.05, 0.1) is 17.9 Å². The largest absolute Gasteiger partial charge is 0.478 e. The first-order chi connectivity index (χ1) is 11.7. The highest BCUT2D eigenvalue weighted by Gasteiger charge is 2.58. The van der Waals surface area contributed by atoms with Crippen LogP contribution < -0.4 is 0 Å². The Bertz CT molecular complexity index is 682. The fourth-order valence-electron chi connectivity index (χ4n) is 4.18. The molecule has 0 radical (unpaired) electrons. The molecule has 7 heteroatoms. The summed E-state index contributed by atoms with van der Waals surface area (Å²) in [4.78, 5) is 25.3. The van der Waals surface area contributed by atoms with E-state index in [9.17, 15) is 27.9 Å². The van der Waals surface area contributed by atoms with Crippen molar-refractivity contribution in [1.82, 2.24) is 4.90 Å². The van der Waals surface area contributed by atoms with Gasteiger partial charge in [-0.2, -0.15) is 13.2 Å². The van der Waals surface area contributed by atoms with Gasteiger partial charge in [0.1, 0.15) is 0 Å². The molecule has 1 aliphatic carbocycles. The summed E-state index contributed by atoms with van der Waals surface area (Å²) in [6.07, 6.45) is -2.66. The third-order valence-corrected chi connectivity index (χ3v) is 5.62. The molecule has 1 aromatic rings. The zero-order valence-corrected chi connectivity index (χ0v) is 13.7. The summed E-state index contributed by atoms with van der Waals surface area (Å²) in [6.45, 7) is 0.186. The number of likely N-dealkylation sites (tertiary alicyclic amines) is 1. The second-order valence-electron chi connectivity index (χ2n) is 7.05. The molecule has 25 heavy (non-hydrogen) atoms. The van der Waals surface area contributed by atoms with Gasteiger partial charge in [0.25, 0.3) is 0 Å². The van der Waals surface area contributed by atoms with Gasteiger partial charge >= 0.3 is 12.1 Å². The number of nitrogens with zero attached hydrogens (tertiary/aromatic N) is 1. The van der Waals surface area contributed by atoms with Crippen LogP contribution in [0.5, 0.6) is 0 Å². The lowest BCUT2D eigenvalue weighted by Gasteiger charge is -2.54. The smallest absolute Gasteiger partial charge is 0.392 e. The van der Waals surface area contributed by atoms with Gasteiger partial charge in [-0.15, -0.1) is 0 Å². The summed E-state index contributed by atoms with van der Waals surface area (Å²) in [5, 5.41) is 9.19. The molecule has 2 fully saturated rings. The zero-order chi connectivity index (χ0) is 18.2. The third kappa shape index (κ3) is 3.37. The first-order valence-electron chi connectivity index (χ1n) is 8.39. The Hall–Kier alpha value is -2.05. The summed E-state index contributed by atoms with van der Waals surface area (Å²) < 4.78 is 39.9. The molecular formula is C18H20F3NO3. The maximum Gasteiger partial charge on any atom is 0.392 e. The molecule has 1 N–H and O–H groups in total. The van der Waals surface area contributed by atoms with Crippen molar-refractivity contribution in [3.63, 3.8) is 0 Å². The number of piperidine rings is 1. The number of carbonyl (C=O) groups excluding carboxylic acids is 1. The molecule has 1 spiro atoms. The molecule has 3 rings (SSSR count). The molecule has 1 aliphatic heterocycles. The first-order valence-corrected chi connectivity index (χ1v) is 8.39. The number of halogens is 3. The molecule has 1 saturated heterocycles. The number of hydrogen-bond donors (Lipinski definition) is 1. The molecule has 136 valence electrons. The van der Waals surface area contributed by atoms with Gasteiger partial charge < -0.3 is 10.0 Å². The van der Waals surface area contributed by atoms with Crippen LogP contribution in [0.2, 0.25) is 0 Å². The number of rotatable bonds is 3. The van der Waals surface area contributed by atoms with Crippen molar-refractivity contribution < 1.29 is 27.9 Å². The fraction of sp³-hybridized carbons (Fsp3) is 0.556. The summed E-state index contributed by atoms with van der Waals surface area (Å²) >= 11 is 0. The molecule has 1 heterocycles. The lowest BCUT2D eigenvalue weighted by atomic mass is 9.58. The second kappa shape index (κ2) is 6.35. The number of carboxylic acid groups (broad SMARTS) is 1. The molecule has 4 nitrogen and oxygen atoms in total. The van der Waals surface area contributed by atoms with Gasteiger partial charge in [0.2, 0.25) is 5.91 Å². The number of amides is 1. The van der Waals surface area contributed by atoms with Crippen molar-refractivity contribution in [3.05, 3.63) is 35.4 Å². The van der Waals surface area contributed by atoms with E-state index < -0.39 is 23.5 Å². The summed E-state index contributed by atoms with van der Waals surface area (Å²) in [5.41, 5.74) is -0.404. The van der Waals surface area contributed by atoms with E-state index in [0.717, 1.165) is 6.42 Å². The van der Waals surface area contributed by atoms with Crippen LogP contribution in [0.25, 0.3) is 0 Å². The van der Waals surface area contributed by atoms with Crippen LogP contribution in [0.15, 0.2) is 24.3 Å². The van der Waals surface area contributed by atoms with Crippen LogP contribution >= 0.6 is 0 Å². The van der Waals surface area contributed by atoms with Crippen molar-refractivity contribution in [1.29, 1.82) is 0 Å². The SMILES string of the molecule is O=C(O)c1ccccc1CC(=O)N1CCC(C(F)(F)F)C2(CCC2)C1. The molecule has 1 unspecified atom stereocenters. The van der Waals surface area contributed by atoms with E-state index in [1.54, 1.807) is 18.2 Å². The van der Waals surface area contributed by atoms with Gasteiger partial charge in [-0.3, -0.25) is 4.79 Å². The van der Waals surface area contributed by atoms with Crippen LogP contribution in [0.1, 0.15) is 41.6 Å². The molecule has 0 aromatic heterocycles. The van der Waals surface area contributed by atoms with E-state index >= 15 is 0 Å². The summed E-state index contributed by atoms with van der Waals surface area (Å²) in [6, 6.07) is 6.23. The highest BCUT2D eigenvalue weighted by molar-refractivity contribution is 5.91. The van der Waals surface area contributed by atoms with Crippen molar-refractivity contribution in [2.24, 2.45) is 11.3 Å². The second-order valence-corrected chi connectivity index (χ2v) is 7.05. The molecular weight excluding hydrogens is 335 g/mol. The molecule has 1 saturated carbocycles. The maximum atomic E-state index is 13.3. The van der Waals surface area contributed by atoms with Gasteiger partial charge in [-0.05, 0) is 36.3 Å². The Morgan fingerprint density at radius 2 is 1.92 bits per heavy atom. The lowest BCUT2D eigenvalue weighted by molar-refractivity contribution is -0.237. The van der Waals surface area contributed by atoms with E-state index in [-0.39, 0.29) is 37.4 Å². The third-order valence-electron chi connectivity index (χ3n) is 5.62. The van der Waals surface area contributed by atoms with Crippen LogP contribution in [0, 0.1) is 11.3 Å². The van der Waals surface area contributed by atoms with Crippen LogP contribution in [0.4, 0.5) is 13.2 Å². The van der Waals surface area contributed by atoms with Crippen LogP contribution in [-0.2, 0) is 11.2 Å². The van der Waals surface area contributed by atoms with Crippen molar-refractivity contribution >= 4 is 11.9 Å². The minimum Gasteiger partial charge on any atom is -0.478 e. The van der Waals surface area contributed by atoms with Gasteiger partial charge in [0.15, 0.2) is 0 Å². The Balaban J connectivity index is 1.74. The minimum absolute atomic E-state index is 0.0550. The van der Waals surface area contributed by atoms with E-state index in [2.05, 4.69) is 0 Å². The minimum atomic E-state index is -4.23. The maximum absolute atomic E-state index is 13.3. The highest BCUT2D eigenvalue weighted by atomic mass is 19.4. The number of carboxylic acids is 1. The number of benzene rings is 1. The lowest BCUT2D eigenvalue weighted by Crippen LogP contribution is -2.58. The standard InChI is InChI=1S/C18H20F3NO3/c19-18(20,21)14-6-9-22(11-17(14)7-3-8-17)15(23)10-12-4-1-2-5-13(12)16(24)25/h1-2,4-5,14H,3,6-11H2,(H,24,25). The molecule has 2 aliphatic rings. The van der Waals surface area contributed by atoms with Crippen molar-refractivity contribution in [2.45, 2.75) is 38.3 Å². The van der Waals surface area contributed by atoms with E-state index in [1.807, 2.05) is 0 Å². The monoisotopic (exact) mass is 355 g/mol. The number of alkyl halides is 3. The predicted octanol–water partition coefficient (Wildman–Crippen LogP) is 3.51. The van der Waals surface area contributed by atoms with Crippen molar-refractivity contribution in [3.8, 4) is 0 Å². The highest BCUT2D eigenvalue weighted by Crippen LogP contribution is 2.56. The number of hydrogen-bond acceptors (Lipinski definition) is 2. The zero-order valence-electron chi connectivity index (χ0n) is 13.7. The fourth-order valence-corrected chi connectivity index (χ4v) is 4.18. The van der Waals surface area contributed by atoms with Gasteiger partial charge in [-0.25, -0.2) is 4.79 Å². The normalized spacial score (nSPS) is 22.5. The van der Waals surface area contributed by atoms with E-state index in [0.29, 0.717) is 18.4 Å². The van der Waals surface area contributed by atoms with E-state index in [1.165, 1.54) is 11.0 Å². The summed E-state index contributed by atoms with van der Waals surface area (Å²) in [7, 11) is 0. The Morgan fingerprint density at radius 1 is 1.24 bits per heavy atom. The summed E-state index contributed by atoms with van der Waals surface area (Å²) in [5.74, 6) is -2.76. The van der Waals surface area contributed by atoms with Gasteiger partial charge in [-0.1, -0.05) is 24.6 Å². The predicted molar refractivity (Wildman–Crippen MR) is 84.1 cm³/mol. The van der Waals surface area contributed by atoms with Gasteiger partial charge in [0, 0.05) is 13.1 Å². The Labute approximate surface area is 143 Å². The Kier molecular flexibility index (Phi) is 4.51. The molecule has 0 bridgehead atoms. The molecule has 1 atom stereocenters. The Morgan fingerprint density at radius 3 is 2.48 bits per heavy atom. The average molecular weight is 355 g/mol. The quantitative estimate of drug-likeness (QED) is 0.903. The topological polar surface area (TPSA) is 57.6 Å². The molecule has 1 aromatic carbocycles. The first kappa shape index (κ1) is 17.8. The van der Waals surface area contributed by atoms with Crippen LogP contribution in [-0.4, -0.2) is 41.1 Å². The van der Waals surface area contributed by atoms with Crippen LogP contribution in [0.3, 0.4) is 0 Å². The number of aromatic carboxylic acids is 1. The number of carbonyl (C=O) groups is 2. The van der Waals surface area contributed by atoms with E-state index in [4.69, 9.17) is 0 Å². The van der Waals surface area contributed by atoms with Crippen molar-refractivity contribution in [2.75, 3.05) is 13.1 Å². The molecule has 1 amide bonds. The average Bonchev–Trinajstić information content (AvgIpc) is 2.52.